The largest absolute Gasteiger partial charge is 0.462 e. The van der Waals surface area contributed by atoms with E-state index in [0.717, 1.165) is 161 Å². The zero-order chi connectivity index (χ0) is 52.9. The van der Waals surface area contributed by atoms with E-state index in [0.29, 0.717) is 19.3 Å². The third kappa shape index (κ3) is 58.3. The molecule has 0 aliphatic rings. The van der Waals surface area contributed by atoms with Crippen molar-refractivity contribution in [3.8, 4) is 0 Å². The van der Waals surface area contributed by atoms with E-state index in [4.69, 9.17) is 14.2 Å². The van der Waals surface area contributed by atoms with E-state index in [1.165, 1.54) is 51.4 Å². The Hall–Kier alpha value is -4.45. The third-order valence-corrected chi connectivity index (χ3v) is 12.1. The monoisotopic (exact) mass is 1010 g/mol. The first-order valence-electron chi connectivity index (χ1n) is 29.7. The molecule has 0 aromatic rings. The fraction of sp³-hybridized carbons (Fsp3) is 0.627. The summed E-state index contributed by atoms with van der Waals surface area (Å²) in [4.78, 5) is 37.8. The fourth-order valence-corrected chi connectivity index (χ4v) is 7.70. The van der Waals surface area contributed by atoms with E-state index < -0.39 is 6.10 Å². The first kappa shape index (κ1) is 68.6. The number of carbonyl (C=O) groups is 3. The van der Waals surface area contributed by atoms with E-state index >= 15 is 0 Å². The Morgan fingerprint density at radius 2 is 0.534 bits per heavy atom. The molecule has 0 aromatic heterocycles. The highest BCUT2D eigenvalue weighted by Gasteiger charge is 2.19. The minimum absolute atomic E-state index is 0.0922. The van der Waals surface area contributed by atoms with Crippen LogP contribution in [-0.2, 0) is 28.6 Å². The van der Waals surface area contributed by atoms with Gasteiger partial charge in [0.15, 0.2) is 6.10 Å². The normalized spacial score (nSPS) is 13.1. The molecular formula is C67H108O6. The van der Waals surface area contributed by atoms with Gasteiger partial charge >= 0.3 is 17.9 Å². The van der Waals surface area contributed by atoms with Crippen LogP contribution in [0.25, 0.3) is 0 Å². The summed E-state index contributed by atoms with van der Waals surface area (Å²) in [5.41, 5.74) is 0. The van der Waals surface area contributed by atoms with Gasteiger partial charge in [0, 0.05) is 19.3 Å². The van der Waals surface area contributed by atoms with Crippen LogP contribution in [0.5, 0.6) is 0 Å². The van der Waals surface area contributed by atoms with E-state index in [1.807, 2.05) is 0 Å². The van der Waals surface area contributed by atoms with Crippen molar-refractivity contribution in [3.63, 3.8) is 0 Å². The van der Waals surface area contributed by atoms with Crippen LogP contribution in [0.15, 0.2) is 134 Å². The van der Waals surface area contributed by atoms with Crippen LogP contribution in [0.4, 0.5) is 0 Å². The Bertz CT molecular complexity index is 1580. The molecule has 0 aliphatic heterocycles. The number of hydrogen-bond donors (Lipinski definition) is 0. The van der Waals surface area contributed by atoms with Crippen LogP contribution >= 0.6 is 0 Å². The van der Waals surface area contributed by atoms with Crippen molar-refractivity contribution in [1.82, 2.24) is 0 Å². The van der Waals surface area contributed by atoms with Gasteiger partial charge in [-0.15, -0.1) is 0 Å². The predicted octanol–water partition coefficient (Wildman–Crippen LogP) is 20.2. The van der Waals surface area contributed by atoms with Crippen LogP contribution < -0.4 is 0 Å². The fourth-order valence-electron chi connectivity index (χ4n) is 7.70. The first-order valence-corrected chi connectivity index (χ1v) is 29.7. The Labute approximate surface area is 449 Å². The van der Waals surface area contributed by atoms with Crippen LogP contribution in [0.1, 0.15) is 252 Å². The van der Waals surface area contributed by atoms with Crippen molar-refractivity contribution >= 4 is 17.9 Å². The highest BCUT2D eigenvalue weighted by atomic mass is 16.6. The lowest BCUT2D eigenvalue weighted by molar-refractivity contribution is -0.167. The van der Waals surface area contributed by atoms with Gasteiger partial charge in [-0.1, -0.05) is 244 Å². The van der Waals surface area contributed by atoms with Gasteiger partial charge in [0.05, 0.1) is 0 Å². The number of allylic oxidation sites excluding steroid dienone is 22. The number of unbranched alkanes of at least 4 members (excludes halogenated alkanes) is 19. The molecule has 0 rings (SSSR count). The summed E-state index contributed by atoms with van der Waals surface area (Å²) >= 11 is 0. The van der Waals surface area contributed by atoms with Gasteiger partial charge in [0.25, 0.3) is 0 Å². The second-order valence-electron chi connectivity index (χ2n) is 19.2. The SMILES string of the molecule is CC/C=C\C/C=C\C/C=C\C/C=C\C/C=C\C/C=C\C/C=C\C/C=C\CCCCCCCCC(=O)OCC(COC(=O)CCCCCCC)OC(=O)CCCCCCCC/C=C\C/C=C\C/C=C\CCCCC. The molecule has 6 heteroatoms. The molecule has 0 aliphatic carbocycles. The topological polar surface area (TPSA) is 78.9 Å². The summed E-state index contributed by atoms with van der Waals surface area (Å²) in [5.74, 6) is -0.938. The van der Waals surface area contributed by atoms with Crippen molar-refractivity contribution < 1.29 is 28.6 Å². The minimum atomic E-state index is -0.792. The van der Waals surface area contributed by atoms with Crippen LogP contribution in [0.2, 0.25) is 0 Å². The minimum Gasteiger partial charge on any atom is -0.462 e. The van der Waals surface area contributed by atoms with E-state index in [9.17, 15) is 14.4 Å². The molecule has 1 atom stereocenters. The zero-order valence-corrected chi connectivity index (χ0v) is 47.1. The molecule has 6 nitrogen and oxygen atoms in total. The standard InChI is InChI=1S/C67H108O6/c1-4-7-10-13-15-17-19-21-23-25-27-28-29-30-31-32-33-34-35-36-37-38-40-41-43-45-47-49-51-54-57-60-66(69)72-63-64(62-71-65(68)59-56-53-12-9-6-3)73-67(70)61-58-55-52-50-48-46-44-42-39-26-24-22-20-18-16-14-11-8-5-2/h7,10,15-18,21-24,27-28,30-31,33-34,36-37,39-42,64H,4-6,8-9,11-14,19-20,25-26,29,32,35,38,43-63H2,1-3H3/b10-7-,17-15-,18-16-,23-21-,24-22-,28-27-,31-30-,34-33-,37-36-,41-40-,42-39-. The van der Waals surface area contributed by atoms with Crippen LogP contribution in [0, 0.1) is 0 Å². The summed E-state index contributed by atoms with van der Waals surface area (Å²) < 4.78 is 16.7. The quantitative estimate of drug-likeness (QED) is 0.0261. The zero-order valence-electron chi connectivity index (χ0n) is 47.1. The molecule has 0 fully saturated rings. The molecule has 0 bridgehead atoms. The average molecular weight is 1010 g/mol. The number of carbonyl (C=O) groups excluding carboxylic acids is 3. The molecular weight excluding hydrogens is 901 g/mol. The Balaban J connectivity index is 4.16. The Kier molecular flexibility index (Phi) is 56.4. The van der Waals surface area contributed by atoms with Gasteiger partial charge in [0.1, 0.15) is 13.2 Å². The van der Waals surface area contributed by atoms with E-state index in [1.54, 1.807) is 0 Å². The van der Waals surface area contributed by atoms with Crippen molar-refractivity contribution in [2.45, 2.75) is 258 Å². The maximum absolute atomic E-state index is 12.8. The highest BCUT2D eigenvalue weighted by molar-refractivity contribution is 5.71. The maximum atomic E-state index is 12.8. The van der Waals surface area contributed by atoms with Gasteiger partial charge in [-0.3, -0.25) is 14.4 Å². The maximum Gasteiger partial charge on any atom is 0.306 e. The van der Waals surface area contributed by atoms with Crippen molar-refractivity contribution in [2.75, 3.05) is 13.2 Å². The summed E-state index contributed by atoms with van der Waals surface area (Å²) in [6, 6.07) is 0. The molecule has 73 heavy (non-hydrogen) atoms. The summed E-state index contributed by atoms with van der Waals surface area (Å²) in [7, 11) is 0. The van der Waals surface area contributed by atoms with Crippen molar-refractivity contribution in [2.24, 2.45) is 0 Å². The Morgan fingerprint density at radius 3 is 0.863 bits per heavy atom. The smallest absolute Gasteiger partial charge is 0.306 e. The summed E-state index contributed by atoms with van der Waals surface area (Å²) in [6.45, 7) is 6.38. The van der Waals surface area contributed by atoms with Gasteiger partial charge in [0.2, 0.25) is 0 Å². The first-order chi connectivity index (χ1) is 36.0. The van der Waals surface area contributed by atoms with Gasteiger partial charge in [-0.25, -0.2) is 0 Å². The summed E-state index contributed by atoms with van der Waals surface area (Å²) in [5, 5.41) is 0. The molecule has 0 saturated carbocycles. The molecule has 0 radical (unpaired) electrons. The van der Waals surface area contributed by atoms with Crippen molar-refractivity contribution in [3.05, 3.63) is 134 Å². The molecule has 0 saturated heterocycles. The number of hydrogen-bond acceptors (Lipinski definition) is 6. The molecule has 412 valence electrons. The lowest BCUT2D eigenvalue weighted by Crippen LogP contribution is -2.30. The number of esters is 3. The molecule has 1 unspecified atom stereocenters. The predicted molar refractivity (Wildman–Crippen MR) is 316 cm³/mol. The van der Waals surface area contributed by atoms with Gasteiger partial charge in [-0.05, 0) is 122 Å². The van der Waals surface area contributed by atoms with Crippen molar-refractivity contribution in [1.29, 1.82) is 0 Å². The number of ether oxygens (including phenoxy) is 3. The average Bonchev–Trinajstić information content (AvgIpc) is 3.39. The highest BCUT2D eigenvalue weighted by Crippen LogP contribution is 2.13. The molecule has 0 spiro atoms. The lowest BCUT2D eigenvalue weighted by atomic mass is 10.1. The van der Waals surface area contributed by atoms with Crippen LogP contribution in [0.3, 0.4) is 0 Å². The molecule has 0 N–H and O–H groups in total. The van der Waals surface area contributed by atoms with E-state index in [-0.39, 0.29) is 31.1 Å². The second kappa shape index (κ2) is 60.1. The molecule has 0 amide bonds. The lowest BCUT2D eigenvalue weighted by Gasteiger charge is -2.18. The third-order valence-electron chi connectivity index (χ3n) is 12.1. The number of rotatable bonds is 52. The second-order valence-corrected chi connectivity index (χ2v) is 19.2. The Morgan fingerprint density at radius 1 is 0.288 bits per heavy atom. The van der Waals surface area contributed by atoms with E-state index in [2.05, 4.69) is 154 Å². The molecule has 0 aromatic carbocycles. The molecule has 0 heterocycles. The van der Waals surface area contributed by atoms with Gasteiger partial charge in [-0.2, -0.15) is 0 Å². The van der Waals surface area contributed by atoms with Crippen LogP contribution in [-0.4, -0.2) is 37.2 Å². The summed E-state index contributed by atoms with van der Waals surface area (Å²) in [6.07, 6.45) is 84.9. The van der Waals surface area contributed by atoms with Gasteiger partial charge < -0.3 is 14.2 Å².